The van der Waals surface area contributed by atoms with E-state index >= 15 is 0 Å². The van der Waals surface area contributed by atoms with E-state index in [2.05, 4.69) is 0 Å². The zero-order valence-corrected chi connectivity index (χ0v) is 11.0. The summed E-state index contributed by atoms with van der Waals surface area (Å²) in [6.45, 7) is 7.32. The van der Waals surface area contributed by atoms with E-state index in [-0.39, 0.29) is 0 Å². The lowest BCUT2D eigenvalue weighted by molar-refractivity contribution is 0.576. The van der Waals surface area contributed by atoms with Crippen LogP contribution in [-0.4, -0.2) is 39.0 Å². The predicted octanol–water partition coefficient (Wildman–Crippen LogP) is 3.40. The molecule has 0 atom stereocenters. The Kier molecular flexibility index (Phi) is 5.56. The van der Waals surface area contributed by atoms with Gasteiger partial charge in [0.2, 0.25) is 0 Å². The molecular weight excluding hydrogens is 202 g/mol. The molecule has 0 unspecified atom stereocenters. The highest BCUT2D eigenvalue weighted by atomic mass is 31.2. The summed E-state index contributed by atoms with van der Waals surface area (Å²) in [6, 6.07) is 0. The molecule has 0 saturated carbocycles. The van der Waals surface area contributed by atoms with Crippen molar-refractivity contribution in [3.63, 3.8) is 0 Å². The third kappa shape index (κ3) is 12.5. The van der Waals surface area contributed by atoms with Crippen molar-refractivity contribution in [2.24, 2.45) is 0 Å². The molecule has 0 aromatic rings. The fourth-order valence-corrected chi connectivity index (χ4v) is 3.13. The maximum Gasteiger partial charge on any atom is 0.0819 e. The van der Waals surface area contributed by atoms with Crippen molar-refractivity contribution < 1.29 is 9.13 Å². The van der Waals surface area contributed by atoms with Crippen molar-refractivity contribution in [1.82, 2.24) is 0 Å². The lowest BCUT2D eigenvalue weighted by Gasteiger charge is -2.07. The molecule has 0 aliphatic heterocycles. The first kappa shape index (κ1) is 13.5. The highest BCUT2D eigenvalue weighted by Crippen LogP contribution is 2.39. The molecule has 0 rings (SSSR count). The Hall–Kier alpha value is 0.460. The van der Waals surface area contributed by atoms with Gasteiger partial charge in [0.05, 0.1) is 14.3 Å². The van der Waals surface area contributed by atoms with Crippen molar-refractivity contribution in [1.29, 1.82) is 0 Å². The monoisotopic (exact) mass is 224 g/mol. The van der Waals surface area contributed by atoms with Crippen molar-refractivity contribution in [2.75, 3.05) is 39.0 Å². The van der Waals surface area contributed by atoms with Gasteiger partial charge >= 0.3 is 0 Å². The number of unbranched alkanes of at least 4 members (excludes halogenated alkanes) is 2. The molecule has 0 N–H and O–H groups in total. The molecule has 0 aromatic carbocycles. The van der Waals surface area contributed by atoms with E-state index in [0.717, 1.165) is 31.6 Å². The molecule has 0 amide bonds. The van der Waals surface area contributed by atoms with E-state index in [0.29, 0.717) is 0 Å². The van der Waals surface area contributed by atoms with Crippen LogP contribution in [0.5, 0.6) is 0 Å². The van der Waals surface area contributed by atoms with Crippen LogP contribution in [0.2, 0.25) is 0 Å². The highest BCUT2D eigenvalue weighted by Gasteiger charge is 2.08. The van der Waals surface area contributed by atoms with Gasteiger partial charge in [-0.25, -0.2) is 0 Å². The van der Waals surface area contributed by atoms with Gasteiger partial charge in [0.15, 0.2) is 0 Å². The molecule has 0 heterocycles. The first-order valence-electron chi connectivity index (χ1n) is 4.79. The van der Waals surface area contributed by atoms with Gasteiger partial charge in [-0.3, -0.25) is 0 Å². The maximum atomic E-state index is 11.3. The second kappa shape index (κ2) is 5.37. The van der Waals surface area contributed by atoms with E-state index < -0.39 is 14.3 Å². The van der Waals surface area contributed by atoms with Gasteiger partial charge in [-0.05, 0) is 39.5 Å². The molecule has 0 fully saturated rings. The largest absolute Gasteiger partial charge is 0.324 e. The number of rotatable bonds is 6. The van der Waals surface area contributed by atoms with Gasteiger partial charge in [-0.15, -0.1) is 0 Å². The van der Waals surface area contributed by atoms with E-state index in [1.54, 1.807) is 0 Å². The third-order valence-corrected chi connectivity index (χ3v) is 4.68. The zero-order valence-electron chi connectivity index (χ0n) is 9.25. The summed E-state index contributed by atoms with van der Waals surface area (Å²) in [4.78, 5) is 0. The average molecular weight is 224 g/mol. The minimum Gasteiger partial charge on any atom is -0.324 e. The molecule has 0 radical (unpaired) electrons. The molecule has 0 bridgehead atoms. The smallest absolute Gasteiger partial charge is 0.0819 e. The second-order valence-corrected chi connectivity index (χ2v) is 11.8. The Morgan fingerprint density at radius 3 is 1.23 bits per heavy atom. The summed E-state index contributed by atoms with van der Waals surface area (Å²) in [5, 5.41) is 0. The molecule has 0 spiro atoms. The van der Waals surface area contributed by atoms with Crippen LogP contribution in [-0.2, 0) is 9.13 Å². The molecule has 0 aliphatic rings. The summed E-state index contributed by atoms with van der Waals surface area (Å²) in [6.07, 6.45) is 4.78. The molecule has 0 saturated heterocycles. The van der Waals surface area contributed by atoms with Crippen LogP contribution >= 0.6 is 14.3 Å². The lowest BCUT2D eigenvalue weighted by Crippen LogP contribution is -1.90. The van der Waals surface area contributed by atoms with Crippen LogP contribution in [0, 0.1) is 0 Å². The first-order valence-corrected chi connectivity index (χ1v) is 10.4. The van der Waals surface area contributed by atoms with Crippen LogP contribution in [0.3, 0.4) is 0 Å². The molecule has 0 aromatic heterocycles. The Morgan fingerprint density at radius 1 is 0.692 bits per heavy atom. The van der Waals surface area contributed by atoms with Crippen LogP contribution in [0.1, 0.15) is 19.3 Å². The molecule has 4 heteroatoms. The average Bonchev–Trinajstić information content (AvgIpc) is 1.81. The lowest BCUT2D eigenvalue weighted by atomic mass is 10.3. The Balaban J connectivity index is 3.39. The first-order chi connectivity index (χ1) is 5.71. The zero-order chi connectivity index (χ0) is 10.5. The Labute approximate surface area is 82.2 Å². The normalized spacial score (nSPS) is 13.2. The minimum absolute atomic E-state index is 0.838. The number of hydrogen-bond donors (Lipinski definition) is 0. The standard InChI is InChI=1S/C9H22O2P2/c1-12(2,10)8-6-5-7-9-13(3,4)11/h5-9H2,1-4H3. The SMILES string of the molecule is CP(C)(=O)CCCCCP(C)(C)=O. The molecule has 2 nitrogen and oxygen atoms in total. The topological polar surface area (TPSA) is 34.1 Å². The molecule has 80 valence electrons. The van der Waals surface area contributed by atoms with Crippen molar-refractivity contribution in [2.45, 2.75) is 19.3 Å². The number of hydrogen-bond acceptors (Lipinski definition) is 2. The van der Waals surface area contributed by atoms with Gasteiger partial charge in [0.1, 0.15) is 0 Å². The van der Waals surface area contributed by atoms with Crippen molar-refractivity contribution in [3.8, 4) is 0 Å². The van der Waals surface area contributed by atoms with Crippen LogP contribution in [0.4, 0.5) is 0 Å². The summed E-state index contributed by atoms with van der Waals surface area (Å²) in [5.74, 6) is 0. The molecule has 0 aliphatic carbocycles. The van der Waals surface area contributed by atoms with E-state index in [1.165, 1.54) is 0 Å². The summed E-state index contributed by atoms with van der Waals surface area (Å²) in [7, 11) is -3.63. The van der Waals surface area contributed by atoms with Crippen LogP contribution in [0.25, 0.3) is 0 Å². The fraction of sp³-hybridized carbons (Fsp3) is 1.00. The van der Waals surface area contributed by atoms with Crippen LogP contribution < -0.4 is 0 Å². The maximum absolute atomic E-state index is 11.3. The minimum atomic E-state index is -1.82. The van der Waals surface area contributed by atoms with Gasteiger partial charge in [0.25, 0.3) is 0 Å². The highest BCUT2D eigenvalue weighted by molar-refractivity contribution is 7.62. The molecule has 13 heavy (non-hydrogen) atoms. The van der Waals surface area contributed by atoms with E-state index in [1.807, 2.05) is 26.7 Å². The Morgan fingerprint density at radius 2 is 1.00 bits per heavy atom. The quantitative estimate of drug-likeness (QED) is 0.511. The second-order valence-electron chi connectivity index (χ2n) is 4.66. The summed E-state index contributed by atoms with van der Waals surface area (Å²) in [5.41, 5.74) is 0. The summed E-state index contributed by atoms with van der Waals surface area (Å²) < 4.78 is 22.6. The van der Waals surface area contributed by atoms with E-state index in [9.17, 15) is 9.13 Å². The van der Waals surface area contributed by atoms with Gasteiger partial charge in [-0.1, -0.05) is 6.42 Å². The third-order valence-electron chi connectivity index (χ3n) is 1.89. The van der Waals surface area contributed by atoms with Gasteiger partial charge in [-0.2, -0.15) is 0 Å². The van der Waals surface area contributed by atoms with Crippen molar-refractivity contribution >= 4 is 14.3 Å². The van der Waals surface area contributed by atoms with E-state index in [4.69, 9.17) is 0 Å². The van der Waals surface area contributed by atoms with Gasteiger partial charge < -0.3 is 9.13 Å². The summed E-state index contributed by atoms with van der Waals surface area (Å²) >= 11 is 0. The molecular formula is C9H22O2P2. The van der Waals surface area contributed by atoms with Crippen LogP contribution in [0.15, 0.2) is 0 Å². The Bertz CT molecular complexity index is 200. The van der Waals surface area contributed by atoms with Crippen molar-refractivity contribution in [3.05, 3.63) is 0 Å². The predicted molar refractivity (Wildman–Crippen MR) is 62.5 cm³/mol. The van der Waals surface area contributed by atoms with Gasteiger partial charge in [0, 0.05) is 12.3 Å². The fourth-order valence-electron chi connectivity index (χ4n) is 1.16.